The maximum atomic E-state index is 11.9. The van der Waals surface area contributed by atoms with Crippen molar-refractivity contribution in [3.05, 3.63) is 12.7 Å². The van der Waals surface area contributed by atoms with E-state index in [0.29, 0.717) is 0 Å². The van der Waals surface area contributed by atoms with E-state index < -0.39 is 115 Å². The van der Waals surface area contributed by atoms with Crippen molar-refractivity contribution in [1.29, 1.82) is 0 Å². The molecule has 15 N–H and O–H groups in total. The van der Waals surface area contributed by atoms with Crippen LogP contribution in [0, 0.1) is 0 Å². The first kappa shape index (κ1) is 40.2. The van der Waals surface area contributed by atoms with Crippen LogP contribution in [0.25, 0.3) is 11.2 Å². The molecule has 0 amide bonds. The van der Waals surface area contributed by atoms with Gasteiger partial charge >= 0.3 is 15.6 Å². The summed E-state index contributed by atoms with van der Waals surface area (Å²) in [6.07, 6.45) is -17.6. The number of hydrogen-bond donors (Lipinski definition) is 14. The zero-order valence-electron chi connectivity index (χ0n) is 24.1. The van der Waals surface area contributed by atoms with Crippen LogP contribution in [0.5, 0.6) is 0 Å². The molecular formula is C21H35N5O20P2. The number of carbonyl (C=O) groups is 1. The third kappa shape index (κ3) is 9.32. The highest BCUT2D eigenvalue weighted by atomic mass is 31.3. The molecule has 27 heteroatoms. The lowest BCUT2D eigenvalue weighted by Gasteiger charge is -2.26. The molecule has 0 aromatic carbocycles. The standard InChI is InChI=1S/C11H20O10.C10H15N5O10P2/c12-1-3(14)5(15)7(17)8(18)10(20)11-9(19)6(16)4(2-13)21-11;11-8-5-9(13-2-12-8)15(3-14-5)10-7(17)6(16)4(24-10)1-23-27(21,22)25-26(18,19)20/h3-9,11-19H,1-2H2;2-4,6-7,10,16-17H,1H2,(H,21,22)(H2,11,12,13)(H2,18,19,20)/t3?,4-,5?,6-,7?,8?,9-,11?;4-,6-,7-,10-/m11/s1. The van der Waals surface area contributed by atoms with Gasteiger partial charge in [-0.05, 0) is 0 Å². The van der Waals surface area contributed by atoms with Crippen LogP contribution in [0.1, 0.15) is 6.23 Å². The van der Waals surface area contributed by atoms with Crippen LogP contribution in [-0.4, -0.2) is 178 Å². The zero-order valence-corrected chi connectivity index (χ0v) is 25.9. The maximum absolute atomic E-state index is 11.9. The molecule has 2 fully saturated rings. The predicted octanol–water partition coefficient (Wildman–Crippen LogP) is -7.27. The minimum absolute atomic E-state index is 0.0856. The van der Waals surface area contributed by atoms with Crippen LogP contribution < -0.4 is 5.73 Å². The molecule has 2 aliphatic heterocycles. The van der Waals surface area contributed by atoms with Gasteiger partial charge in [0, 0.05) is 0 Å². The smallest absolute Gasteiger partial charge is 0.394 e. The Morgan fingerprint density at radius 2 is 1.54 bits per heavy atom. The highest BCUT2D eigenvalue weighted by Gasteiger charge is 2.49. The number of aliphatic hydroxyl groups excluding tert-OH is 10. The van der Waals surface area contributed by atoms with Gasteiger partial charge in [0.25, 0.3) is 0 Å². The van der Waals surface area contributed by atoms with Gasteiger partial charge in [0.1, 0.15) is 79.0 Å². The van der Waals surface area contributed by atoms with Crippen LogP contribution >= 0.6 is 15.6 Å². The summed E-state index contributed by atoms with van der Waals surface area (Å²) in [5, 5.41) is 94.6. The van der Waals surface area contributed by atoms with Crippen LogP contribution in [0.2, 0.25) is 0 Å². The Hall–Kier alpha value is -2.20. The average molecular weight is 739 g/mol. The first-order valence-electron chi connectivity index (χ1n) is 13.4. The number of ketones is 1. The van der Waals surface area contributed by atoms with E-state index >= 15 is 0 Å². The summed E-state index contributed by atoms with van der Waals surface area (Å²) in [6, 6.07) is 0. The van der Waals surface area contributed by atoms with Crippen molar-refractivity contribution in [3.8, 4) is 0 Å². The van der Waals surface area contributed by atoms with E-state index in [1.807, 2.05) is 0 Å². The van der Waals surface area contributed by atoms with Crippen molar-refractivity contribution in [2.24, 2.45) is 0 Å². The number of imidazole rings is 1. The Bertz CT molecular complexity index is 1480. The molecule has 0 saturated carbocycles. The molecule has 48 heavy (non-hydrogen) atoms. The fraction of sp³-hybridized carbons (Fsp3) is 0.714. The van der Waals surface area contributed by atoms with Gasteiger partial charge in [0.15, 0.2) is 23.5 Å². The van der Waals surface area contributed by atoms with Crippen molar-refractivity contribution in [2.75, 3.05) is 25.6 Å². The Kier molecular flexibility index (Phi) is 13.6. The number of aliphatic hydroxyl groups is 10. The molecule has 6 unspecified atom stereocenters. The Morgan fingerprint density at radius 1 is 0.917 bits per heavy atom. The number of anilines is 1. The number of carbonyl (C=O) groups excluding carboxylic acids is 1. The fourth-order valence-corrected chi connectivity index (χ4v) is 6.07. The summed E-state index contributed by atoms with van der Waals surface area (Å²) in [5.74, 6) is -1.16. The lowest BCUT2D eigenvalue weighted by Crippen LogP contribution is -2.52. The van der Waals surface area contributed by atoms with Gasteiger partial charge in [-0.2, -0.15) is 4.31 Å². The first-order chi connectivity index (χ1) is 22.2. The predicted molar refractivity (Wildman–Crippen MR) is 148 cm³/mol. The quantitative estimate of drug-likeness (QED) is 0.0848. The number of phosphoric acid groups is 2. The number of fused-ring (bicyclic) bond motifs is 1. The number of aromatic nitrogens is 4. The molecule has 0 bridgehead atoms. The Balaban J connectivity index is 0.000000270. The molecule has 4 heterocycles. The summed E-state index contributed by atoms with van der Waals surface area (Å²) in [4.78, 5) is 50.0. The summed E-state index contributed by atoms with van der Waals surface area (Å²) >= 11 is 0. The Labute approximate surface area is 267 Å². The zero-order chi connectivity index (χ0) is 36.3. The summed E-state index contributed by atoms with van der Waals surface area (Å²) in [5.41, 5.74) is 6.11. The molecule has 0 radical (unpaired) electrons. The number of nitrogens with zero attached hydrogens (tertiary/aromatic N) is 4. The topological polar surface area (TPSA) is 421 Å². The van der Waals surface area contributed by atoms with E-state index in [-0.39, 0.29) is 17.0 Å². The minimum atomic E-state index is -5.29. The van der Waals surface area contributed by atoms with Gasteiger partial charge < -0.3 is 81.0 Å². The second kappa shape index (κ2) is 16.2. The van der Waals surface area contributed by atoms with E-state index in [9.17, 15) is 54.6 Å². The second-order valence-electron chi connectivity index (χ2n) is 10.3. The molecule has 4 rings (SSSR count). The SMILES string of the molecule is Nc1ncnc2c1ncn2[C@@H]1O[C@H](COP(=O)(O)OP(=O)(O)O)[C@@H](O)[C@H]1O.O=C(C(O)C(O)C(O)C(O)CO)C1O[C@H](CO)[C@@H](O)[C@H]1O. The summed E-state index contributed by atoms with van der Waals surface area (Å²) < 4.78 is 41.7. The molecule has 2 saturated heterocycles. The number of phosphoric ester groups is 1. The number of Topliss-reactive ketones (excluding diaryl/α,β-unsaturated/α-hetero) is 1. The number of hydrogen-bond acceptors (Lipinski definition) is 21. The second-order valence-corrected chi connectivity index (χ2v) is 13.1. The lowest BCUT2D eigenvalue weighted by atomic mass is 9.95. The van der Waals surface area contributed by atoms with Crippen molar-refractivity contribution >= 4 is 38.4 Å². The molecular weight excluding hydrogens is 704 g/mol. The monoisotopic (exact) mass is 739 g/mol. The van der Waals surface area contributed by atoms with Crippen LogP contribution in [0.15, 0.2) is 12.7 Å². The molecule has 0 spiro atoms. The van der Waals surface area contributed by atoms with Crippen molar-refractivity contribution in [2.45, 2.75) is 73.4 Å². The number of rotatable bonds is 13. The van der Waals surface area contributed by atoms with Gasteiger partial charge in [-0.3, -0.25) is 13.9 Å². The highest BCUT2D eigenvalue weighted by Crippen LogP contribution is 2.57. The van der Waals surface area contributed by atoms with Crippen LogP contribution in [0.3, 0.4) is 0 Å². The van der Waals surface area contributed by atoms with Gasteiger partial charge in [0.05, 0.1) is 26.1 Å². The van der Waals surface area contributed by atoms with E-state index in [4.69, 9.17) is 40.3 Å². The summed E-state index contributed by atoms with van der Waals surface area (Å²) in [7, 11) is -10.4. The largest absolute Gasteiger partial charge is 0.481 e. The van der Waals surface area contributed by atoms with Crippen molar-refractivity contribution < 1.29 is 98.0 Å². The number of ether oxygens (including phenoxy) is 2. The molecule has 2 aromatic rings. The first-order valence-corrected chi connectivity index (χ1v) is 16.4. The van der Waals surface area contributed by atoms with Gasteiger partial charge in [-0.1, -0.05) is 0 Å². The van der Waals surface area contributed by atoms with E-state index in [1.54, 1.807) is 0 Å². The number of nitrogen functional groups attached to an aromatic ring is 1. The fourth-order valence-electron chi connectivity index (χ4n) is 4.47. The third-order valence-electron chi connectivity index (χ3n) is 6.98. The van der Waals surface area contributed by atoms with Crippen molar-refractivity contribution in [1.82, 2.24) is 19.5 Å². The van der Waals surface area contributed by atoms with Crippen LogP contribution in [0.4, 0.5) is 5.82 Å². The molecule has 13 atom stereocenters. The van der Waals surface area contributed by atoms with Gasteiger partial charge in [-0.15, -0.1) is 0 Å². The van der Waals surface area contributed by atoms with E-state index in [2.05, 4.69) is 23.8 Å². The molecule has 2 aliphatic rings. The average Bonchev–Trinajstić information content (AvgIpc) is 3.67. The highest BCUT2D eigenvalue weighted by molar-refractivity contribution is 7.60. The van der Waals surface area contributed by atoms with Crippen molar-refractivity contribution in [3.63, 3.8) is 0 Å². The lowest BCUT2D eigenvalue weighted by molar-refractivity contribution is -0.159. The molecule has 274 valence electrons. The van der Waals surface area contributed by atoms with Crippen LogP contribution in [-0.2, 0) is 32.2 Å². The number of nitrogens with two attached hydrogens (primary N) is 1. The third-order valence-corrected chi connectivity index (χ3v) is 9.13. The minimum Gasteiger partial charge on any atom is -0.394 e. The molecule has 25 nitrogen and oxygen atoms in total. The Morgan fingerprint density at radius 3 is 2.10 bits per heavy atom. The van der Waals surface area contributed by atoms with Gasteiger partial charge in [0.2, 0.25) is 0 Å². The normalized spacial score (nSPS) is 31.4. The van der Waals surface area contributed by atoms with Gasteiger partial charge in [-0.25, -0.2) is 24.1 Å². The van der Waals surface area contributed by atoms with E-state index in [0.717, 1.165) is 6.33 Å². The molecule has 0 aliphatic carbocycles. The van der Waals surface area contributed by atoms with E-state index in [1.165, 1.54) is 10.9 Å². The maximum Gasteiger partial charge on any atom is 0.481 e. The molecule has 2 aromatic heterocycles. The summed E-state index contributed by atoms with van der Waals surface area (Å²) in [6.45, 7) is -2.40.